The highest BCUT2D eigenvalue weighted by Crippen LogP contribution is 2.50. The summed E-state index contributed by atoms with van der Waals surface area (Å²) in [7, 11) is 0.764. The van der Waals surface area contributed by atoms with E-state index in [9.17, 15) is 14.7 Å². The number of nitrogens with one attached hydrogen (secondary N) is 1. The summed E-state index contributed by atoms with van der Waals surface area (Å²) >= 11 is 3.98. The highest BCUT2D eigenvalue weighted by molar-refractivity contribution is 8.75. The summed E-state index contributed by atoms with van der Waals surface area (Å²) < 4.78 is 6.41. The maximum atomic E-state index is 12.4. The van der Waals surface area contributed by atoms with Crippen LogP contribution in [0, 0.1) is 12.8 Å². The molecule has 2 unspecified atom stereocenters. The van der Waals surface area contributed by atoms with Crippen molar-refractivity contribution in [1.82, 2.24) is 0 Å². The predicted molar refractivity (Wildman–Crippen MR) is 145 cm³/mol. The van der Waals surface area contributed by atoms with Crippen molar-refractivity contribution in [3.05, 3.63) is 81.6 Å². The number of ether oxygens (including phenoxy) is 1. The number of aryl methyl sites for hydroxylation is 1. The van der Waals surface area contributed by atoms with Gasteiger partial charge in [-0.1, -0.05) is 18.2 Å². The number of carbonyl (C=O) groups excluding carboxylic acids is 1. The van der Waals surface area contributed by atoms with Crippen molar-refractivity contribution in [2.24, 2.45) is 10.9 Å². The highest BCUT2D eigenvalue weighted by Gasteiger charge is 2.39. The Kier molecular flexibility index (Phi) is 7.42. The molecular weight excluding hydrogens is 480 g/mol. The van der Waals surface area contributed by atoms with Crippen LogP contribution in [0.15, 0.2) is 58.8 Å². The third-order valence-corrected chi connectivity index (χ3v) is 7.25. The number of aromatic carboxylic acids is 1. The van der Waals surface area contributed by atoms with Crippen LogP contribution in [0.2, 0.25) is 0 Å². The quantitative estimate of drug-likeness (QED) is 0.314. The van der Waals surface area contributed by atoms with Crippen molar-refractivity contribution in [3.8, 4) is 5.75 Å². The largest absolute Gasteiger partial charge is 0.478 e. The third kappa shape index (κ3) is 4.77. The van der Waals surface area contributed by atoms with Crippen molar-refractivity contribution < 1.29 is 19.4 Å². The number of aliphatic imine (C=N–C) groups is 1. The Labute approximate surface area is 214 Å². The van der Waals surface area contributed by atoms with Crippen LogP contribution >= 0.6 is 22.5 Å². The SMILES string of the molecule is CC/N=C1/C=C2Oc3cc(NCC)c(C)cc3C(c3ccc(C(=O)SS)cc3C(=O)O)C2C=C1C. The van der Waals surface area contributed by atoms with E-state index < -0.39 is 5.97 Å². The fourth-order valence-electron chi connectivity index (χ4n) is 4.78. The molecule has 1 aliphatic heterocycles. The van der Waals surface area contributed by atoms with Gasteiger partial charge in [-0.05, 0) is 67.3 Å². The summed E-state index contributed by atoms with van der Waals surface area (Å²) in [5.41, 5.74) is 5.86. The number of carboxylic acids is 1. The van der Waals surface area contributed by atoms with E-state index in [1.165, 1.54) is 6.07 Å². The number of fused-ring (bicyclic) bond motifs is 2. The second-order valence-electron chi connectivity index (χ2n) is 8.58. The second kappa shape index (κ2) is 10.3. The highest BCUT2D eigenvalue weighted by atomic mass is 33.1. The van der Waals surface area contributed by atoms with Crippen LogP contribution in [-0.2, 0) is 0 Å². The zero-order chi connectivity index (χ0) is 25.3. The van der Waals surface area contributed by atoms with Gasteiger partial charge in [0.1, 0.15) is 11.5 Å². The van der Waals surface area contributed by atoms with Crippen LogP contribution in [0.1, 0.15) is 64.1 Å². The molecule has 0 saturated carbocycles. The van der Waals surface area contributed by atoms with Gasteiger partial charge in [-0.2, -0.15) is 0 Å². The van der Waals surface area contributed by atoms with Gasteiger partial charge >= 0.3 is 5.97 Å². The number of rotatable bonds is 6. The minimum Gasteiger partial charge on any atom is -0.478 e. The summed E-state index contributed by atoms with van der Waals surface area (Å²) in [4.78, 5) is 29.2. The average Bonchev–Trinajstić information content (AvgIpc) is 2.83. The van der Waals surface area contributed by atoms with Crippen LogP contribution in [0.3, 0.4) is 0 Å². The van der Waals surface area contributed by atoms with Crippen LogP contribution in [0.4, 0.5) is 5.69 Å². The molecule has 182 valence electrons. The van der Waals surface area contributed by atoms with Crippen molar-refractivity contribution in [2.45, 2.75) is 33.6 Å². The van der Waals surface area contributed by atoms with E-state index in [4.69, 9.17) is 4.74 Å². The second-order valence-corrected chi connectivity index (χ2v) is 9.68. The Morgan fingerprint density at radius 1 is 1.17 bits per heavy atom. The fraction of sp³-hybridized carbons (Fsp3) is 0.296. The summed E-state index contributed by atoms with van der Waals surface area (Å²) in [6.45, 7) is 9.48. The number of nitrogens with zero attached hydrogens (tertiary/aromatic N) is 1. The van der Waals surface area contributed by atoms with Crippen LogP contribution < -0.4 is 10.1 Å². The molecule has 1 aliphatic carbocycles. The first-order chi connectivity index (χ1) is 16.8. The normalized spacial score (nSPS) is 19.7. The molecule has 35 heavy (non-hydrogen) atoms. The summed E-state index contributed by atoms with van der Waals surface area (Å²) in [5.74, 6) is -0.180. The molecule has 2 atom stereocenters. The molecule has 0 spiro atoms. The number of anilines is 1. The lowest BCUT2D eigenvalue weighted by Gasteiger charge is -2.37. The Bertz CT molecular complexity index is 1300. The van der Waals surface area contributed by atoms with Crippen LogP contribution in [-0.4, -0.2) is 35.0 Å². The van der Waals surface area contributed by atoms with E-state index in [2.05, 4.69) is 34.1 Å². The lowest BCUT2D eigenvalue weighted by atomic mass is 9.73. The van der Waals surface area contributed by atoms with E-state index >= 15 is 0 Å². The summed E-state index contributed by atoms with van der Waals surface area (Å²) in [6, 6.07) is 8.93. The maximum absolute atomic E-state index is 12.4. The van der Waals surface area contributed by atoms with Gasteiger partial charge in [0.2, 0.25) is 5.12 Å². The van der Waals surface area contributed by atoms with Crippen LogP contribution in [0.25, 0.3) is 0 Å². The first kappa shape index (κ1) is 25.1. The lowest BCUT2D eigenvalue weighted by Crippen LogP contribution is -2.29. The fourth-order valence-corrected chi connectivity index (χ4v) is 5.33. The molecule has 1 heterocycles. The Balaban J connectivity index is 1.97. The lowest BCUT2D eigenvalue weighted by molar-refractivity contribution is 0.0695. The molecule has 2 aromatic rings. The summed E-state index contributed by atoms with van der Waals surface area (Å²) in [5, 5.41) is 13.2. The minimum absolute atomic E-state index is 0.0999. The molecule has 8 heteroatoms. The topological polar surface area (TPSA) is 88.0 Å². The number of hydrogen-bond acceptors (Lipinski definition) is 7. The first-order valence-electron chi connectivity index (χ1n) is 11.5. The molecule has 6 nitrogen and oxygen atoms in total. The number of allylic oxidation sites excluding steroid dienone is 3. The molecule has 0 aromatic heterocycles. The molecular formula is C27H28N2O4S2. The van der Waals surface area contributed by atoms with Crippen molar-refractivity contribution in [3.63, 3.8) is 0 Å². The summed E-state index contributed by atoms with van der Waals surface area (Å²) in [6.07, 6.45) is 4.07. The van der Waals surface area contributed by atoms with Crippen molar-refractivity contribution in [1.29, 1.82) is 0 Å². The number of benzene rings is 2. The molecule has 0 fully saturated rings. The van der Waals surface area contributed by atoms with E-state index in [-0.39, 0.29) is 22.5 Å². The smallest absolute Gasteiger partial charge is 0.336 e. The monoisotopic (exact) mass is 508 g/mol. The molecule has 4 rings (SSSR count). The Morgan fingerprint density at radius 3 is 2.60 bits per heavy atom. The van der Waals surface area contributed by atoms with E-state index in [1.807, 2.05) is 39.8 Å². The molecule has 0 radical (unpaired) electrons. The molecule has 0 amide bonds. The number of carbonyl (C=O) groups is 2. The standard InChI is InChI=1S/C27H28N2O4S2/c1-5-28-21-12-23-19(9-14(21)3)25(20-10-15(4)22(29-6-2)13-24(20)33-23)17-8-7-16(27(32)35-34)11-18(17)26(30)31/h7-13,19,25,29,34H,5-6H2,1-4H3,(H,30,31)/b28-21-. The van der Waals surface area contributed by atoms with Gasteiger partial charge in [0.15, 0.2) is 0 Å². The van der Waals surface area contributed by atoms with Gasteiger partial charge < -0.3 is 15.2 Å². The molecule has 0 bridgehead atoms. The minimum atomic E-state index is -1.08. The number of hydrogen-bond donors (Lipinski definition) is 3. The van der Waals surface area contributed by atoms with E-state index in [1.54, 1.807) is 12.1 Å². The van der Waals surface area contributed by atoms with Gasteiger partial charge in [0, 0.05) is 53.9 Å². The maximum Gasteiger partial charge on any atom is 0.336 e. The van der Waals surface area contributed by atoms with Crippen molar-refractivity contribution in [2.75, 3.05) is 18.4 Å². The van der Waals surface area contributed by atoms with Crippen molar-refractivity contribution >= 4 is 44.9 Å². The third-order valence-electron chi connectivity index (χ3n) is 6.35. The average molecular weight is 509 g/mol. The first-order valence-corrected chi connectivity index (χ1v) is 13.4. The zero-order valence-electron chi connectivity index (χ0n) is 20.1. The van der Waals surface area contributed by atoms with E-state index in [0.717, 1.165) is 51.2 Å². The molecule has 0 saturated heterocycles. The molecule has 2 aliphatic rings. The number of carboxylic acid groups (broad SMARTS) is 1. The number of thiol groups is 1. The van der Waals surface area contributed by atoms with Gasteiger partial charge in [0.05, 0.1) is 11.3 Å². The van der Waals surface area contributed by atoms with E-state index in [0.29, 0.717) is 23.4 Å². The van der Waals surface area contributed by atoms with Gasteiger partial charge in [-0.25, -0.2) is 4.79 Å². The van der Waals surface area contributed by atoms with Crippen LogP contribution in [0.5, 0.6) is 5.75 Å². The van der Waals surface area contributed by atoms with Gasteiger partial charge in [-0.15, -0.1) is 11.7 Å². The Hall–Kier alpha value is -2.97. The predicted octanol–water partition coefficient (Wildman–Crippen LogP) is 6.29. The van der Waals surface area contributed by atoms with Gasteiger partial charge in [-0.3, -0.25) is 9.79 Å². The molecule has 2 aromatic carbocycles. The van der Waals surface area contributed by atoms with Gasteiger partial charge in [0.25, 0.3) is 0 Å². The Morgan fingerprint density at radius 2 is 1.94 bits per heavy atom. The molecule has 2 N–H and O–H groups in total. The zero-order valence-corrected chi connectivity index (χ0v) is 21.8.